The summed E-state index contributed by atoms with van der Waals surface area (Å²) < 4.78 is 44.0. The minimum absolute atomic E-state index is 0.330. The highest BCUT2D eigenvalue weighted by Crippen LogP contribution is 2.31. The average Bonchev–Trinajstić information content (AvgIpc) is 3.04. The molecule has 1 aliphatic heterocycles. The summed E-state index contributed by atoms with van der Waals surface area (Å²) in [6.07, 6.45) is -2.27. The number of nitrogens with zero attached hydrogens (tertiary/aromatic N) is 2. The summed E-state index contributed by atoms with van der Waals surface area (Å²) in [6, 6.07) is 12.7. The summed E-state index contributed by atoms with van der Waals surface area (Å²) in [6.45, 7) is 2.62. The standard InChI is InChI=1S/C18H19F3N2O/c19-18(20,21)17-10-16(6-8-22-17)23-9-7-15(11-23)13-24-12-14-4-2-1-3-5-14/h1-6,8,10,15H,7,9,11-13H2. The minimum Gasteiger partial charge on any atom is -0.376 e. The first-order valence-corrected chi connectivity index (χ1v) is 7.92. The van der Waals surface area contributed by atoms with Crippen molar-refractivity contribution in [2.24, 2.45) is 5.92 Å². The van der Waals surface area contributed by atoms with E-state index in [9.17, 15) is 13.2 Å². The van der Waals surface area contributed by atoms with Gasteiger partial charge in [-0.25, -0.2) is 0 Å². The lowest BCUT2D eigenvalue weighted by atomic mass is 10.1. The first-order chi connectivity index (χ1) is 11.5. The minimum atomic E-state index is -4.41. The van der Waals surface area contributed by atoms with Gasteiger partial charge in [-0.05, 0) is 24.1 Å². The molecule has 3 nitrogen and oxygen atoms in total. The molecule has 1 fully saturated rings. The lowest BCUT2D eigenvalue weighted by Crippen LogP contribution is -2.22. The quantitative estimate of drug-likeness (QED) is 0.820. The molecule has 0 saturated carbocycles. The van der Waals surface area contributed by atoms with Crippen LogP contribution < -0.4 is 4.90 Å². The zero-order valence-electron chi connectivity index (χ0n) is 13.2. The number of rotatable bonds is 5. The number of pyridine rings is 1. The van der Waals surface area contributed by atoms with Crippen molar-refractivity contribution >= 4 is 5.69 Å². The third-order valence-corrected chi connectivity index (χ3v) is 4.15. The maximum atomic E-state index is 12.8. The molecule has 1 saturated heterocycles. The van der Waals surface area contributed by atoms with E-state index >= 15 is 0 Å². The van der Waals surface area contributed by atoms with Crippen LogP contribution in [0.3, 0.4) is 0 Å². The second-order valence-electron chi connectivity index (χ2n) is 6.00. The molecule has 24 heavy (non-hydrogen) atoms. The average molecular weight is 336 g/mol. The van der Waals surface area contributed by atoms with Crippen LogP contribution in [0, 0.1) is 5.92 Å². The van der Waals surface area contributed by atoms with E-state index in [-0.39, 0.29) is 0 Å². The highest BCUT2D eigenvalue weighted by atomic mass is 19.4. The Hall–Kier alpha value is -2.08. The molecule has 6 heteroatoms. The van der Waals surface area contributed by atoms with Crippen LogP contribution >= 0.6 is 0 Å². The lowest BCUT2D eigenvalue weighted by molar-refractivity contribution is -0.141. The number of anilines is 1. The van der Waals surface area contributed by atoms with Crippen molar-refractivity contribution in [3.8, 4) is 0 Å². The molecule has 1 aromatic heterocycles. The molecule has 0 amide bonds. The van der Waals surface area contributed by atoms with Gasteiger partial charge in [0.25, 0.3) is 0 Å². The summed E-state index contributed by atoms with van der Waals surface area (Å²) in [5.41, 5.74) is 0.850. The fraction of sp³-hybridized carbons (Fsp3) is 0.389. The zero-order valence-corrected chi connectivity index (χ0v) is 13.2. The molecule has 1 unspecified atom stereocenters. The van der Waals surface area contributed by atoms with Gasteiger partial charge in [0.2, 0.25) is 0 Å². The Bertz CT molecular complexity index is 661. The van der Waals surface area contributed by atoms with Crippen LogP contribution in [0.4, 0.5) is 18.9 Å². The number of alkyl halides is 3. The van der Waals surface area contributed by atoms with Gasteiger partial charge in [-0.1, -0.05) is 30.3 Å². The smallest absolute Gasteiger partial charge is 0.376 e. The van der Waals surface area contributed by atoms with Crippen LogP contribution in [0.1, 0.15) is 17.7 Å². The van der Waals surface area contributed by atoms with Crippen molar-refractivity contribution in [2.75, 3.05) is 24.6 Å². The number of halogens is 3. The molecule has 0 N–H and O–H groups in total. The summed E-state index contributed by atoms with van der Waals surface area (Å²) in [5.74, 6) is 0.330. The van der Waals surface area contributed by atoms with Crippen molar-refractivity contribution in [3.63, 3.8) is 0 Å². The molecule has 2 aromatic rings. The van der Waals surface area contributed by atoms with E-state index in [2.05, 4.69) is 4.98 Å². The molecule has 3 rings (SSSR count). The number of ether oxygens (including phenoxy) is 1. The third kappa shape index (κ3) is 4.26. The molecule has 0 spiro atoms. The van der Waals surface area contributed by atoms with E-state index in [1.807, 2.05) is 35.2 Å². The number of benzene rings is 1. The van der Waals surface area contributed by atoms with Gasteiger partial charge in [0.05, 0.1) is 13.2 Å². The fourth-order valence-corrected chi connectivity index (χ4v) is 2.89. The Labute approximate surface area is 139 Å². The Morgan fingerprint density at radius 1 is 1.17 bits per heavy atom. The van der Waals surface area contributed by atoms with Crippen molar-refractivity contribution in [1.29, 1.82) is 0 Å². The molecule has 1 aromatic carbocycles. The van der Waals surface area contributed by atoms with Crippen LogP contribution in [0.15, 0.2) is 48.7 Å². The van der Waals surface area contributed by atoms with Crippen LogP contribution in [0.25, 0.3) is 0 Å². The molecule has 1 atom stereocenters. The van der Waals surface area contributed by atoms with Crippen LogP contribution in [0.5, 0.6) is 0 Å². The molecule has 2 heterocycles. The third-order valence-electron chi connectivity index (χ3n) is 4.15. The van der Waals surface area contributed by atoms with Crippen LogP contribution in [-0.2, 0) is 17.5 Å². The van der Waals surface area contributed by atoms with Gasteiger partial charge in [0, 0.05) is 30.9 Å². The number of hydrogen-bond acceptors (Lipinski definition) is 3. The molecule has 1 aliphatic rings. The number of aromatic nitrogens is 1. The Kier molecular flexibility index (Phi) is 5.04. The SMILES string of the molecule is FC(F)(F)c1cc(N2CCC(COCc3ccccc3)C2)ccn1. The van der Waals surface area contributed by atoms with E-state index in [0.29, 0.717) is 31.4 Å². The Morgan fingerprint density at radius 3 is 2.71 bits per heavy atom. The topological polar surface area (TPSA) is 25.4 Å². The van der Waals surface area contributed by atoms with Crippen molar-refractivity contribution in [3.05, 3.63) is 59.9 Å². The second-order valence-corrected chi connectivity index (χ2v) is 6.00. The first kappa shape index (κ1) is 16.8. The molecule has 0 aliphatic carbocycles. The van der Waals surface area contributed by atoms with Gasteiger partial charge in [-0.2, -0.15) is 13.2 Å². The summed E-state index contributed by atoms with van der Waals surface area (Å²) in [4.78, 5) is 5.37. The predicted octanol–water partition coefficient (Wildman–Crippen LogP) is 4.14. The summed E-state index contributed by atoms with van der Waals surface area (Å²) in [5, 5.41) is 0. The van der Waals surface area contributed by atoms with Gasteiger partial charge in [0.1, 0.15) is 5.69 Å². The summed E-state index contributed by atoms with van der Waals surface area (Å²) in [7, 11) is 0. The monoisotopic (exact) mass is 336 g/mol. The highest BCUT2D eigenvalue weighted by molar-refractivity contribution is 5.48. The number of hydrogen-bond donors (Lipinski definition) is 0. The molecular formula is C18H19F3N2O. The normalized spacial score (nSPS) is 18.1. The van der Waals surface area contributed by atoms with E-state index in [4.69, 9.17) is 4.74 Å². The van der Waals surface area contributed by atoms with Crippen molar-refractivity contribution in [1.82, 2.24) is 4.98 Å². The largest absolute Gasteiger partial charge is 0.433 e. The van der Waals surface area contributed by atoms with Gasteiger partial charge in [-0.3, -0.25) is 4.98 Å². The van der Waals surface area contributed by atoms with Gasteiger partial charge < -0.3 is 9.64 Å². The van der Waals surface area contributed by atoms with Crippen molar-refractivity contribution in [2.45, 2.75) is 19.2 Å². The molecule has 0 radical (unpaired) electrons. The van der Waals surface area contributed by atoms with Gasteiger partial charge in [0.15, 0.2) is 0 Å². The van der Waals surface area contributed by atoms with Gasteiger partial charge >= 0.3 is 6.18 Å². The van der Waals surface area contributed by atoms with E-state index < -0.39 is 11.9 Å². The van der Waals surface area contributed by atoms with Crippen LogP contribution in [0.2, 0.25) is 0 Å². The predicted molar refractivity (Wildman–Crippen MR) is 85.7 cm³/mol. The Morgan fingerprint density at radius 2 is 1.96 bits per heavy atom. The molecule has 128 valence electrons. The Balaban J connectivity index is 1.52. The maximum Gasteiger partial charge on any atom is 0.433 e. The van der Waals surface area contributed by atoms with Crippen molar-refractivity contribution < 1.29 is 17.9 Å². The zero-order chi connectivity index (χ0) is 17.0. The van der Waals surface area contributed by atoms with E-state index in [1.165, 1.54) is 6.20 Å². The van der Waals surface area contributed by atoms with E-state index in [0.717, 1.165) is 24.6 Å². The summed E-state index contributed by atoms with van der Waals surface area (Å²) >= 11 is 0. The van der Waals surface area contributed by atoms with Crippen LogP contribution in [-0.4, -0.2) is 24.7 Å². The molecular weight excluding hydrogens is 317 g/mol. The van der Waals surface area contributed by atoms with Gasteiger partial charge in [-0.15, -0.1) is 0 Å². The highest BCUT2D eigenvalue weighted by Gasteiger charge is 2.33. The second kappa shape index (κ2) is 7.21. The lowest BCUT2D eigenvalue weighted by Gasteiger charge is -2.19. The van der Waals surface area contributed by atoms with E-state index in [1.54, 1.807) is 6.07 Å². The maximum absolute atomic E-state index is 12.8. The molecule has 0 bridgehead atoms. The first-order valence-electron chi connectivity index (χ1n) is 7.92. The fourth-order valence-electron chi connectivity index (χ4n) is 2.89.